The third-order valence-electron chi connectivity index (χ3n) is 5.11. The predicted molar refractivity (Wildman–Crippen MR) is 145 cm³/mol. The summed E-state index contributed by atoms with van der Waals surface area (Å²) in [7, 11) is 0. The van der Waals surface area contributed by atoms with Gasteiger partial charge in [-0.2, -0.15) is 0 Å². The van der Waals surface area contributed by atoms with E-state index in [1.54, 1.807) is 45.0 Å². The number of hydrogen-bond donors (Lipinski definition) is 3. The van der Waals surface area contributed by atoms with Crippen LogP contribution in [0.3, 0.4) is 0 Å². The number of rotatable bonds is 5. The van der Waals surface area contributed by atoms with Crippen molar-refractivity contribution in [2.24, 2.45) is 0 Å². The average Bonchev–Trinajstić information content (AvgIpc) is 2.77. The van der Waals surface area contributed by atoms with Crippen molar-refractivity contribution in [3.63, 3.8) is 0 Å². The van der Waals surface area contributed by atoms with E-state index in [0.717, 1.165) is 29.5 Å². The molecule has 0 atom stereocenters. The van der Waals surface area contributed by atoms with Gasteiger partial charge in [0.05, 0.1) is 5.71 Å². The normalized spacial score (nSPS) is 13.4. The van der Waals surface area contributed by atoms with Crippen molar-refractivity contribution in [1.29, 1.82) is 5.41 Å². The van der Waals surface area contributed by atoms with E-state index in [1.165, 1.54) is 0 Å². The Morgan fingerprint density at radius 1 is 0.833 bits per heavy atom. The molecule has 36 heavy (non-hydrogen) atoms. The zero-order valence-corrected chi connectivity index (χ0v) is 21.8. The van der Waals surface area contributed by atoms with Crippen molar-refractivity contribution in [3.8, 4) is 11.1 Å². The maximum absolute atomic E-state index is 12.3. The Bertz CT molecular complexity index is 1200. The number of carbonyl (C=O) groups excluding carboxylic acids is 2. The van der Waals surface area contributed by atoms with E-state index in [9.17, 15) is 9.59 Å². The molecule has 1 aliphatic rings. The number of carbonyl (C=O) groups is 2. The van der Waals surface area contributed by atoms with Crippen LogP contribution in [0.4, 0.5) is 21.0 Å². The molecule has 2 amide bonds. The summed E-state index contributed by atoms with van der Waals surface area (Å²) in [6, 6.07) is 12.8. The Morgan fingerprint density at radius 2 is 1.39 bits per heavy atom. The van der Waals surface area contributed by atoms with Gasteiger partial charge in [-0.3, -0.25) is 16.0 Å². The van der Waals surface area contributed by atoms with Gasteiger partial charge in [0.1, 0.15) is 11.2 Å². The zero-order valence-electron chi connectivity index (χ0n) is 21.8. The molecule has 7 heteroatoms. The first-order valence-electron chi connectivity index (χ1n) is 12.0. The smallest absolute Gasteiger partial charge is 0.412 e. The van der Waals surface area contributed by atoms with Crippen LogP contribution in [-0.2, 0) is 9.47 Å². The van der Waals surface area contributed by atoms with Gasteiger partial charge in [-0.15, -0.1) is 0 Å². The van der Waals surface area contributed by atoms with E-state index in [2.05, 4.69) is 16.7 Å². The Hall–Kier alpha value is -3.87. The van der Waals surface area contributed by atoms with Crippen molar-refractivity contribution >= 4 is 29.3 Å². The zero-order chi connectivity index (χ0) is 26.5. The standard InChI is InChI=1S/C29H35N3O4/c1-28(2,3)35-26(33)31-21-14-12-19(13-15-21)23-17-16-22(32-27(34)36-29(4,5)6)18-24(23)25(30)20-10-8-7-9-11-20/h7-8,10,12-18,30H,9,11H2,1-6H3,(H,31,33)(H,32,34). The van der Waals surface area contributed by atoms with E-state index in [1.807, 2.05) is 51.1 Å². The lowest BCUT2D eigenvalue weighted by molar-refractivity contribution is 0.0624. The molecule has 0 radical (unpaired) electrons. The van der Waals surface area contributed by atoms with Crippen LogP contribution in [0.1, 0.15) is 59.9 Å². The highest BCUT2D eigenvalue weighted by Gasteiger charge is 2.20. The molecule has 0 aliphatic heterocycles. The predicted octanol–water partition coefficient (Wildman–Crippen LogP) is 7.69. The quantitative estimate of drug-likeness (QED) is 0.375. The summed E-state index contributed by atoms with van der Waals surface area (Å²) in [5.41, 5.74) is 3.68. The first-order chi connectivity index (χ1) is 16.8. The molecule has 1 aliphatic carbocycles. The van der Waals surface area contributed by atoms with Crippen LogP contribution in [0.25, 0.3) is 11.1 Å². The highest BCUT2D eigenvalue weighted by atomic mass is 16.6. The number of anilines is 2. The van der Waals surface area contributed by atoms with Gasteiger partial charge < -0.3 is 9.47 Å². The molecule has 0 aromatic heterocycles. The van der Waals surface area contributed by atoms with Crippen LogP contribution in [-0.4, -0.2) is 29.1 Å². The van der Waals surface area contributed by atoms with Crippen LogP contribution in [0.5, 0.6) is 0 Å². The van der Waals surface area contributed by atoms with Gasteiger partial charge in [0.2, 0.25) is 0 Å². The van der Waals surface area contributed by atoms with E-state index < -0.39 is 23.4 Å². The number of ether oxygens (including phenoxy) is 2. The molecule has 3 rings (SSSR count). The molecule has 190 valence electrons. The van der Waals surface area contributed by atoms with E-state index >= 15 is 0 Å². The van der Waals surface area contributed by atoms with Crippen molar-refractivity contribution < 1.29 is 19.1 Å². The fraction of sp³-hybridized carbons (Fsp3) is 0.345. The van der Waals surface area contributed by atoms with Crippen molar-refractivity contribution in [2.75, 3.05) is 10.6 Å². The van der Waals surface area contributed by atoms with Gasteiger partial charge in [-0.1, -0.05) is 36.4 Å². The Morgan fingerprint density at radius 3 is 1.92 bits per heavy atom. The van der Waals surface area contributed by atoms with Crippen molar-refractivity contribution in [2.45, 2.75) is 65.6 Å². The van der Waals surface area contributed by atoms with Gasteiger partial charge in [-0.05, 0) is 95.3 Å². The minimum Gasteiger partial charge on any atom is -0.444 e. The van der Waals surface area contributed by atoms with E-state index in [0.29, 0.717) is 22.6 Å². The summed E-state index contributed by atoms with van der Waals surface area (Å²) in [5, 5.41) is 14.4. The first-order valence-corrected chi connectivity index (χ1v) is 12.0. The van der Waals surface area contributed by atoms with Crippen molar-refractivity contribution in [1.82, 2.24) is 0 Å². The molecule has 3 N–H and O–H groups in total. The Balaban J connectivity index is 1.90. The van der Waals surface area contributed by atoms with Crippen LogP contribution in [0, 0.1) is 5.41 Å². The summed E-state index contributed by atoms with van der Waals surface area (Å²) < 4.78 is 10.7. The summed E-state index contributed by atoms with van der Waals surface area (Å²) in [5.74, 6) is 0. The third-order valence-corrected chi connectivity index (χ3v) is 5.11. The Kier molecular flexibility index (Phi) is 8.03. The summed E-state index contributed by atoms with van der Waals surface area (Å²) in [6.45, 7) is 10.9. The van der Waals surface area contributed by atoms with Crippen molar-refractivity contribution in [3.05, 3.63) is 71.8 Å². The largest absolute Gasteiger partial charge is 0.444 e. The molecule has 0 saturated carbocycles. The Labute approximate surface area is 213 Å². The monoisotopic (exact) mass is 489 g/mol. The molecule has 0 unspecified atom stereocenters. The van der Waals surface area contributed by atoms with Gasteiger partial charge in [0.15, 0.2) is 0 Å². The van der Waals surface area contributed by atoms with Crippen LogP contribution >= 0.6 is 0 Å². The van der Waals surface area contributed by atoms with E-state index in [-0.39, 0.29) is 0 Å². The second-order valence-electron chi connectivity index (χ2n) is 10.6. The lowest BCUT2D eigenvalue weighted by Gasteiger charge is -2.21. The second kappa shape index (κ2) is 10.8. The third kappa shape index (κ3) is 7.83. The highest BCUT2D eigenvalue weighted by Crippen LogP contribution is 2.31. The minimum absolute atomic E-state index is 0.401. The SMILES string of the molecule is CC(C)(C)OC(=O)Nc1ccc(-c2ccc(NC(=O)OC(C)(C)C)cc2C(=N)C2=CC=CCC2)cc1. The number of nitrogens with one attached hydrogen (secondary N) is 3. The van der Waals surface area contributed by atoms with Crippen LogP contribution < -0.4 is 10.6 Å². The first kappa shape index (κ1) is 26.7. The number of amides is 2. The summed E-state index contributed by atoms with van der Waals surface area (Å²) >= 11 is 0. The molecular weight excluding hydrogens is 454 g/mol. The van der Waals surface area contributed by atoms with Gasteiger partial charge >= 0.3 is 12.2 Å². The summed E-state index contributed by atoms with van der Waals surface area (Å²) in [6.07, 6.45) is 6.58. The molecule has 7 nitrogen and oxygen atoms in total. The molecule has 0 spiro atoms. The molecule has 0 fully saturated rings. The molecule has 0 saturated heterocycles. The lowest BCUT2D eigenvalue weighted by atomic mass is 9.89. The summed E-state index contributed by atoms with van der Waals surface area (Å²) in [4.78, 5) is 24.4. The average molecular weight is 490 g/mol. The number of benzene rings is 2. The van der Waals surface area contributed by atoms with Gasteiger partial charge in [0, 0.05) is 16.9 Å². The molecule has 0 heterocycles. The lowest BCUT2D eigenvalue weighted by Crippen LogP contribution is -2.27. The fourth-order valence-corrected chi connectivity index (χ4v) is 3.64. The van der Waals surface area contributed by atoms with Crippen LogP contribution in [0.2, 0.25) is 0 Å². The van der Waals surface area contributed by atoms with E-state index in [4.69, 9.17) is 14.9 Å². The molecule has 2 aromatic rings. The maximum atomic E-state index is 12.3. The van der Waals surface area contributed by atoms with Gasteiger partial charge in [0.25, 0.3) is 0 Å². The van der Waals surface area contributed by atoms with Gasteiger partial charge in [-0.25, -0.2) is 9.59 Å². The second-order valence-corrected chi connectivity index (χ2v) is 10.6. The molecule has 2 aromatic carbocycles. The molecular formula is C29H35N3O4. The maximum Gasteiger partial charge on any atom is 0.412 e. The van der Waals surface area contributed by atoms with Crippen LogP contribution in [0.15, 0.2) is 66.3 Å². The number of allylic oxidation sites excluding steroid dienone is 4. The highest BCUT2D eigenvalue weighted by molar-refractivity contribution is 6.15. The number of hydrogen-bond acceptors (Lipinski definition) is 5. The minimum atomic E-state index is -0.617. The fourth-order valence-electron chi connectivity index (χ4n) is 3.64. The molecule has 0 bridgehead atoms. The topological polar surface area (TPSA) is 101 Å².